The van der Waals surface area contributed by atoms with Gasteiger partial charge in [0.2, 0.25) is 0 Å². The zero-order chi connectivity index (χ0) is 23.9. The normalized spacial score (nSPS) is 14.5. The Labute approximate surface area is 198 Å². The Morgan fingerprint density at radius 3 is 2.71 bits per heavy atom. The predicted octanol–water partition coefficient (Wildman–Crippen LogP) is 2.33. The number of hydrogen-bond donors (Lipinski definition) is 3. The molecular formula is C24H29N7O3. The Morgan fingerprint density at radius 1 is 1.21 bits per heavy atom. The molecule has 0 radical (unpaired) electrons. The minimum atomic E-state index is -0.454. The number of benzene rings is 1. The van der Waals surface area contributed by atoms with E-state index in [2.05, 4.69) is 25.2 Å². The number of ether oxygens (including phenoxy) is 2. The van der Waals surface area contributed by atoms with Crippen molar-refractivity contribution < 1.29 is 14.3 Å². The van der Waals surface area contributed by atoms with E-state index < -0.39 is 5.91 Å². The predicted molar refractivity (Wildman–Crippen MR) is 131 cm³/mol. The molecule has 3 aromatic rings. The second-order valence-corrected chi connectivity index (χ2v) is 8.07. The van der Waals surface area contributed by atoms with Crippen LogP contribution >= 0.6 is 0 Å². The van der Waals surface area contributed by atoms with Crippen molar-refractivity contribution in [1.82, 2.24) is 15.0 Å². The van der Waals surface area contributed by atoms with Gasteiger partial charge in [0.25, 0.3) is 5.91 Å². The molecule has 1 aliphatic rings. The van der Waals surface area contributed by atoms with Crippen molar-refractivity contribution in [3.63, 3.8) is 0 Å². The van der Waals surface area contributed by atoms with Crippen LogP contribution < -0.4 is 26.4 Å². The van der Waals surface area contributed by atoms with E-state index >= 15 is 0 Å². The first-order chi connectivity index (χ1) is 16.5. The molecule has 1 aromatic carbocycles. The van der Waals surface area contributed by atoms with Crippen LogP contribution in [-0.4, -0.2) is 59.8 Å². The summed E-state index contributed by atoms with van der Waals surface area (Å²) in [7, 11) is 0. The molecule has 0 bridgehead atoms. The molecule has 0 saturated carbocycles. The summed E-state index contributed by atoms with van der Waals surface area (Å²) in [5, 5.41) is 2.89. The molecule has 1 fully saturated rings. The summed E-state index contributed by atoms with van der Waals surface area (Å²) in [6.45, 7) is 5.21. The van der Waals surface area contributed by atoms with Crippen LogP contribution in [0.5, 0.6) is 5.75 Å². The number of hydrogen-bond acceptors (Lipinski definition) is 9. The second kappa shape index (κ2) is 10.9. The number of nitrogens with one attached hydrogen (secondary N) is 1. The van der Waals surface area contributed by atoms with Crippen LogP contribution in [0.2, 0.25) is 0 Å². The first kappa shape index (κ1) is 23.4. The fraction of sp³-hybridized carbons (Fsp3) is 0.333. The fourth-order valence-corrected chi connectivity index (χ4v) is 3.53. The van der Waals surface area contributed by atoms with Gasteiger partial charge in [0.05, 0.1) is 49.3 Å². The number of aromatic nitrogens is 3. The van der Waals surface area contributed by atoms with E-state index in [4.69, 9.17) is 20.9 Å². The van der Waals surface area contributed by atoms with E-state index in [0.717, 1.165) is 36.5 Å². The molecule has 178 valence electrons. The van der Waals surface area contributed by atoms with Gasteiger partial charge in [-0.1, -0.05) is 0 Å². The Morgan fingerprint density at radius 2 is 1.97 bits per heavy atom. The van der Waals surface area contributed by atoms with Crippen molar-refractivity contribution in [2.75, 3.05) is 48.9 Å². The molecule has 3 heterocycles. The SMILES string of the molecule is C[C@H](N)CCOc1ccc(-c2cnc(N)c(C(=O)Nc3cnccc3N3CCOCC3)n2)cc1. The number of morpholine rings is 1. The first-order valence-electron chi connectivity index (χ1n) is 11.2. The molecule has 2 aromatic heterocycles. The largest absolute Gasteiger partial charge is 0.494 e. The molecule has 1 saturated heterocycles. The van der Waals surface area contributed by atoms with Crippen molar-refractivity contribution in [3.8, 4) is 17.0 Å². The van der Waals surface area contributed by atoms with Crippen LogP contribution in [0.25, 0.3) is 11.3 Å². The quantitative estimate of drug-likeness (QED) is 0.459. The topological polar surface area (TPSA) is 142 Å². The van der Waals surface area contributed by atoms with Crippen LogP contribution in [-0.2, 0) is 4.74 Å². The van der Waals surface area contributed by atoms with E-state index in [1.807, 2.05) is 37.3 Å². The lowest BCUT2D eigenvalue weighted by Gasteiger charge is -2.30. The smallest absolute Gasteiger partial charge is 0.278 e. The number of amides is 1. The van der Waals surface area contributed by atoms with Gasteiger partial charge in [-0.15, -0.1) is 0 Å². The third-order valence-electron chi connectivity index (χ3n) is 5.41. The van der Waals surface area contributed by atoms with Gasteiger partial charge < -0.3 is 31.2 Å². The van der Waals surface area contributed by atoms with Crippen molar-refractivity contribution in [1.29, 1.82) is 0 Å². The molecule has 10 nitrogen and oxygen atoms in total. The molecule has 10 heteroatoms. The lowest BCUT2D eigenvalue weighted by atomic mass is 10.1. The summed E-state index contributed by atoms with van der Waals surface area (Å²) >= 11 is 0. The molecule has 1 aliphatic heterocycles. The van der Waals surface area contributed by atoms with Gasteiger partial charge in [-0.2, -0.15) is 0 Å². The number of anilines is 3. The fourth-order valence-electron chi connectivity index (χ4n) is 3.53. The van der Waals surface area contributed by atoms with Gasteiger partial charge in [0.15, 0.2) is 11.5 Å². The number of pyridine rings is 1. The highest BCUT2D eigenvalue weighted by Gasteiger charge is 2.19. The summed E-state index contributed by atoms with van der Waals surface area (Å²) < 4.78 is 11.1. The summed E-state index contributed by atoms with van der Waals surface area (Å²) in [5.41, 5.74) is 14.6. The lowest BCUT2D eigenvalue weighted by Crippen LogP contribution is -2.36. The molecule has 0 aliphatic carbocycles. The summed E-state index contributed by atoms with van der Waals surface area (Å²) in [6, 6.07) is 9.37. The highest BCUT2D eigenvalue weighted by Crippen LogP contribution is 2.27. The maximum atomic E-state index is 13.1. The molecule has 5 N–H and O–H groups in total. The third-order valence-corrected chi connectivity index (χ3v) is 5.41. The van der Waals surface area contributed by atoms with E-state index in [-0.39, 0.29) is 17.6 Å². The highest BCUT2D eigenvalue weighted by molar-refractivity contribution is 6.07. The average molecular weight is 464 g/mol. The van der Waals surface area contributed by atoms with Crippen molar-refractivity contribution >= 4 is 23.1 Å². The van der Waals surface area contributed by atoms with Crippen LogP contribution in [0.3, 0.4) is 0 Å². The van der Waals surface area contributed by atoms with Gasteiger partial charge in [0, 0.05) is 30.9 Å². The molecule has 1 atom stereocenters. The van der Waals surface area contributed by atoms with Crippen molar-refractivity contribution in [2.24, 2.45) is 5.73 Å². The van der Waals surface area contributed by atoms with Crippen LogP contribution in [0.4, 0.5) is 17.2 Å². The summed E-state index contributed by atoms with van der Waals surface area (Å²) in [6.07, 6.45) is 5.62. The van der Waals surface area contributed by atoms with Gasteiger partial charge >= 0.3 is 0 Å². The van der Waals surface area contributed by atoms with Gasteiger partial charge in [-0.3, -0.25) is 9.78 Å². The molecule has 1 amide bonds. The lowest BCUT2D eigenvalue weighted by molar-refractivity contribution is 0.102. The van der Waals surface area contributed by atoms with Crippen LogP contribution in [0.15, 0.2) is 48.9 Å². The van der Waals surface area contributed by atoms with Crippen molar-refractivity contribution in [2.45, 2.75) is 19.4 Å². The number of nitrogen functional groups attached to an aromatic ring is 1. The van der Waals surface area contributed by atoms with Gasteiger partial charge in [-0.05, 0) is 43.7 Å². The van der Waals surface area contributed by atoms with Gasteiger partial charge in [-0.25, -0.2) is 9.97 Å². The number of carbonyl (C=O) groups excluding carboxylic acids is 1. The Bertz CT molecular complexity index is 1120. The Hall–Kier alpha value is -3.76. The van der Waals surface area contributed by atoms with Crippen molar-refractivity contribution in [3.05, 3.63) is 54.6 Å². The van der Waals surface area contributed by atoms with Crippen LogP contribution in [0.1, 0.15) is 23.8 Å². The monoisotopic (exact) mass is 463 g/mol. The highest BCUT2D eigenvalue weighted by atomic mass is 16.5. The van der Waals surface area contributed by atoms with Gasteiger partial charge in [0.1, 0.15) is 5.75 Å². The summed E-state index contributed by atoms with van der Waals surface area (Å²) in [5.74, 6) is 0.331. The summed E-state index contributed by atoms with van der Waals surface area (Å²) in [4.78, 5) is 28.1. The zero-order valence-electron chi connectivity index (χ0n) is 19.1. The molecule has 0 unspecified atom stereocenters. The molecule has 0 spiro atoms. The van der Waals surface area contributed by atoms with E-state index in [1.54, 1.807) is 18.6 Å². The molecule has 34 heavy (non-hydrogen) atoms. The average Bonchev–Trinajstić information content (AvgIpc) is 2.85. The van der Waals surface area contributed by atoms with E-state index in [0.29, 0.717) is 31.2 Å². The van der Waals surface area contributed by atoms with Crippen LogP contribution in [0, 0.1) is 0 Å². The second-order valence-electron chi connectivity index (χ2n) is 8.07. The molecular weight excluding hydrogens is 434 g/mol. The molecule has 4 rings (SSSR count). The minimum Gasteiger partial charge on any atom is -0.494 e. The van der Waals surface area contributed by atoms with E-state index in [9.17, 15) is 4.79 Å². The third kappa shape index (κ3) is 5.77. The number of rotatable bonds is 8. The standard InChI is InChI=1S/C24H29N7O3/c1-16(25)7-11-34-18-4-2-17(3-5-18)19-15-28-23(26)22(29-19)24(32)30-20-14-27-8-6-21(20)31-9-12-33-13-10-31/h2-6,8,14-16H,7,9-13,25H2,1H3,(H2,26,28)(H,30,32)/t16-/m0/s1. The Kier molecular flexibility index (Phi) is 7.51. The number of carbonyl (C=O) groups is 1. The number of nitrogens with two attached hydrogens (primary N) is 2. The minimum absolute atomic E-state index is 0.0477. The first-order valence-corrected chi connectivity index (χ1v) is 11.2. The zero-order valence-corrected chi connectivity index (χ0v) is 19.1. The Balaban J connectivity index is 1.50. The van der Waals surface area contributed by atoms with E-state index in [1.165, 1.54) is 0 Å². The maximum absolute atomic E-state index is 13.1. The number of nitrogens with zero attached hydrogens (tertiary/aromatic N) is 4. The maximum Gasteiger partial charge on any atom is 0.278 e.